The lowest BCUT2D eigenvalue weighted by Gasteiger charge is -2.14. The van der Waals surface area contributed by atoms with Gasteiger partial charge in [0.2, 0.25) is 5.91 Å². The minimum atomic E-state index is -0.416. The van der Waals surface area contributed by atoms with Crippen molar-refractivity contribution in [3.63, 3.8) is 0 Å². The smallest absolute Gasteiger partial charge is 0.221 e. The highest BCUT2D eigenvalue weighted by atomic mass is 16.1. The van der Waals surface area contributed by atoms with Crippen molar-refractivity contribution in [3.05, 3.63) is 42.5 Å². The fourth-order valence-corrected chi connectivity index (χ4v) is 1.69. The first-order valence-electron chi connectivity index (χ1n) is 6.13. The Morgan fingerprint density at radius 2 is 2.11 bits per heavy atom. The SMILES string of the molecule is C=CCNC(=O)CC(C#N)c1ccc(N(C)C)cc1. The van der Waals surface area contributed by atoms with Crippen LogP contribution in [0, 0.1) is 11.3 Å². The number of hydrogen-bond donors (Lipinski definition) is 1. The van der Waals surface area contributed by atoms with Gasteiger partial charge in [-0.1, -0.05) is 18.2 Å². The second-order valence-electron chi connectivity index (χ2n) is 4.46. The van der Waals surface area contributed by atoms with Gasteiger partial charge in [0.25, 0.3) is 0 Å². The molecule has 0 bridgehead atoms. The number of nitrogens with one attached hydrogen (secondary N) is 1. The number of hydrogen-bond acceptors (Lipinski definition) is 3. The Balaban J connectivity index is 2.72. The highest BCUT2D eigenvalue weighted by molar-refractivity contribution is 5.77. The van der Waals surface area contributed by atoms with Crippen molar-refractivity contribution >= 4 is 11.6 Å². The van der Waals surface area contributed by atoms with E-state index in [-0.39, 0.29) is 12.3 Å². The van der Waals surface area contributed by atoms with Gasteiger partial charge in [-0.25, -0.2) is 0 Å². The van der Waals surface area contributed by atoms with Crippen LogP contribution in [0.1, 0.15) is 17.9 Å². The Morgan fingerprint density at radius 3 is 2.58 bits per heavy atom. The van der Waals surface area contributed by atoms with Crippen molar-refractivity contribution in [1.29, 1.82) is 5.26 Å². The molecule has 1 atom stereocenters. The highest BCUT2D eigenvalue weighted by Crippen LogP contribution is 2.21. The van der Waals surface area contributed by atoms with Gasteiger partial charge in [0.05, 0.1) is 12.0 Å². The van der Waals surface area contributed by atoms with Crippen LogP contribution in [0.25, 0.3) is 0 Å². The summed E-state index contributed by atoms with van der Waals surface area (Å²) in [6.07, 6.45) is 1.79. The van der Waals surface area contributed by atoms with Gasteiger partial charge < -0.3 is 10.2 Å². The molecule has 0 spiro atoms. The number of nitriles is 1. The largest absolute Gasteiger partial charge is 0.378 e. The zero-order valence-corrected chi connectivity index (χ0v) is 11.4. The number of carbonyl (C=O) groups is 1. The van der Waals surface area contributed by atoms with Crippen molar-refractivity contribution in [2.75, 3.05) is 25.5 Å². The van der Waals surface area contributed by atoms with Crippen LogP contribution in [0.2, 0.25) is 0 Å². The van der Waals surface area contributed by atoms with Gasteiger partial charge in [-0.15, -0.1) is 6.58 Å². The van der Waals surface area contributed by atoms with Gasteiger partial charge in [0.1, 0.15) is 0 Å². The first-order valence-corrected chi connectivity index (χ1v) is 6.13. The third-order valence-electron chi connectivity index (χ3n) is 2.80. The molecule has 4 nitrogen and oxygen atoms in total. The van der Waals surface area contributed by atoms with Crippen LogP contribution in [-0.4, -0.2) is 26.5 Å². The summed E-state index contributed by atoms with van der Waals surface area (Å²) in [5, 5.41) is 11.9. The Labute approximate surface area is 114 Å². The molecule has 0 saturated carbocycles. The molecule has 19 heavy (non-hydrogen) atoms. The molecule has 1 N–H and O–H groups in total. The molecule has 1 aromatic rings. The molecule has 1 amide bonds. The molecule has 0 aliphatic heterocycles. The molecule has 1 rings (SSSR count). The first kappa shape index (κ1) is 14.8. The fourth-order valence-electron chi connectivity index (χ4n) is 1.69. The van der Waals surface area contributed by atoms with E-state index in [4.69, 9.17) is 0 Å². The fraction of sp³-hybridized carbons (Fsp3) is 0.333. The Hall–Kier alpha value is -2.28. The van der Waals surface area contributed by atoms with Crippen LogP contribution >= 0.6 is 0 Å². The van der Waals surface area contributed by atoms with Crippen molar-refractivity contribution in [3.8, 4) is 6.07 Å². The van der Waals surface area contributed by atoms with E-state index in [0.29, 0.717) is 6.54 Å². The number of carbonyl (C=O) groups excluding carboxylic acids is 1. The van der Waals surface area contributed by atoms with Crippen molar-refractivity contribution in [1.82, 2.24) is 5.32 Å². The molecule has 100 valence electrons. The van der Waals surface area contributed by atoms with Gasteiger partial charge in [0.15, 0.2) is 0 Å². The molecule has 0 aliphatic rings. The van der Waals surface area contributed by atoms with E-state index < -0.39 is 5.92 Å². The van der Waals surface area contributed by atoms with E-state index in [9.17, 15) is 10.1 Å². The number of rotatable bonds is 6. The number of nitrogens with zero attached hydrogens (tertiary/aromatic N) is 2. The minimum Gasteiger partial charge on any atom is -0.378 e. The maximum Gasteiger partial charge on any atom is 0.221 e. The molecule has 4 heteroatoms. The molecule has 0 heterocycles. The molecule has 1 aromatic carbocycles. The van der Waals surface area contributed by atoms with Crippen LogP contribution in [0.4, 0.5) is 5.69 Å². The molecular weight excluding hydrogens is 238 g/mol. The standard InChI is InChI=1S/C15H19N3O/c1-4-9-17-15(19)10-13(11-16)12-5-7-14(8-6-12)18(2)3/h4-8,13H,1,9-10H2,2-3H3,(H,17,19). The van der Waals surface area contributed by atoms with E-state index in [2.05, 4.69) is 18.0 Å². The summed E-state index contributed by atoms with van der Waals surface area (Å²) in [4.78, 5) is 13.6. The monoisotopic (exact) mass is 257 g/mol. The van der Waals surface area contributed by atoms with Crippen molar-refractivity contribution < 1.29 is 4.79 Å². The van der Waals surface area contributed by atoms with Crippen LogP contribution in [0.5, 0.6) is 0 Å². The minimum absolute atomic E-state index is 0.136. The lowest BCUT2D eigenvalue weighted by molar-refractivity contribution is -0.121. The van der Waals surface area contributed by atoms with Crippen molar-refractivity contribution in [2.24, 2.45) is 0 Å². The summed E-state index contributed by atoms with van der Waals surface area (Å²) in [5.74, 6) is -0.552. The molecule has 0 aromatic heterocycles. The van der Waals surface area contributed by atoms with Gasteiger partial charge >= 0.3 is 0 Å². The van der Waals surface area contributed by atoms with Gasteiger partial charge in [-0.3, -0.25) is 4.79 Å². The normalized spacial score (nSPS) is 11.2. The van der Waals surface area contributed by atoms with Crippen LogP contribution < -0.4 is 10.2 Å². The average Bonchev–Trinajstić information content (AvgIpc) is 2.42. The maximum absolute atomic E-state index is 11.6. The Morgan fingerprint density at radius 1 is 1.47 bits per heavy atom. The van der Waals surface area contributed by atoms with E-state index in [0.717, 1.165) is 11.3 Å². The summed E-state index contributed by atoms with van der Waals surface area (Å²) >= 11 is 0. The molecule has 1 unspecified atom stereocenters. The zero-order valence-electron chi connectivity index (χ0n) is 11.4. The predicted molar refractivity (Wildman–Crippen MR) is 76.9 cm³/mol. The second-order valence-corrected chi connectivity index (χ2v) is 4.46. The lowest BCUT2D eigenvalue weighted by Crippen LogP contribution is -2.24. The summed E-state index contributed by atoms with van der Waals surface area (Å²) in [7, 11) is 3.92. The van der Waals surface area contributed by atoms with E-state index in [1.165, 1.54) is 0 Å². The van der Waals surface area contributed by atoms with Crippen LogP contribution in [-0.2, 0) is 4.79 Å². The number of anilines is 1. The summed E-state index contributed by atoms with van der Waals surface area (Å²) in [5.41, 5.74) is 1.93. The Bertz CT molecular complexity index is 471. The van der Waals surface area contributed by atoms with Crippen molar-refractivity contribution in [2.45, 2.75) is 12.3 Å². The third kappa shape index (κ3) is 4.47. The Kier molecular flexibility index (Phi) is 5.62. The summed E-state index contributed by atoms with van der Waals surface area (Å²) in [6, 6.07) is 9.85. The molecular formula is C15H19N3O. The maximum atomic E-state index is 11.6. The van der Waals surface area contributed by atoms with Crippen LogP contribution in [0.3, 0.4) is 0 Å². The molecule has 0 aliphatic carbocycles. The average molecular weight is 257 g/mol. The summed E-state index contributed by atoms with van der Waals surface area (Å²) < 4.78 is 0. The van der Waals surface area contributed by atoms with E-state index in [1.54, 1.807) is 6.08 Å². The van der Waals surface area contributed by atoms with Gasteiger partial charge in [-0.05, 0) is 17.7 Å². The third-order valence-corrected chi connectivity index (χ3v) is 2.80. The van der Waals surface area contributed by atoms with Gasteiger partial charge in [-0.2, -0.15) is 5.26 Å². The number of amides is 1. The topological polar surface area (TPSA) is 56.1 Å². The van der Waals surface area contributed by atoms with Gasteiger partial charge in [0, 0.05) is 32.7 Å². The quantitative estimate of drug-likeness (QED) is 0.794. The second kappa shape index (κ2) is 7.22. The number of benzene rings is 1. The first-order chi connectivity index (χ1) is 9.08. The zero-order chi connectivity index (χ0) is 14.3. The van der Waals surface area contributed by atoms with E-state index in [1.807, 2.05) is 43.3 Å². The van der Waals surface area contributed by atoms with E-state index >= 15 is 0 Å². The predicted octanol–water partition coefficient (Wildman–Crippen LogP) is 2.05. The summed E-state index contributed by atoms with van der Waals surface area (Å²) in [6.45, 7) is 3.96. The molecule has 0 saturated heterocycles. The molecule has 0 fully saturated rings. The molecule has 0 radical (unpaired) electrons. The highest BCUT2D eigenvalue weighted by Gasteiger charge is 2.15. The van der Waals surface area contributed by atoms with Crippen LogP contribution in [0.15, 0.2) is 36.9 Å². The lowest BCUT2D eigenvalue weighted by atomic mass is 9.96.